The van der Waals surface area contributed by atoms with Crippen LogP contribution in [0.25, 0.3) is 21.3 Å². The van der Waals surface area contributed by atoms with E-state index in [0.717, 1.165) is 65.7 Å². The number of pyridine rings is 1. The van der Waals surface area contributed by atoms with Crippen molar-refractivity contribution in [1.82, 2.24) is 29.7 Å². The Bertz CT molecular complexity index is 1720. The number of carbonyl (C=O) groups excluding carboxylic acids is 2. The van der Waals surface area contributed by atoms with Crippen LogP contribution in [0, 0.1) is 12.8 Å². The third-order valence-electron chi connectivity index (χ3n) is 9.56. The first-order valence-electron chi connectivity index (χ1n) is 16.1. The quantitative estimate of drug-likeness (QED) is 0.286. The van der Waals surface area contributed by atoms with Gasteiger partial charge < -0.3 is 20.1 Å². The summed E-state index contributed by atoms with van der Waals surface area (Å²) in [5.41, 5.74) is 4.22. The van der Waals surface area contributed by atoms with E-state index in [4.69, 9.17) is 4.74 Å². The molecule has 3 fully saturated rings. The van der Waals surface area contributed by atoms with Gasteiger partial charge >= 0.3 is 0 Å². The molecule has 3 aliphatic rings. The number of hydrogen-bond donors (Lipinski definition) is 2. The van der Waals surface area contributed by atoms with Crippen molar-refractivity contribution >= 4 is 38.5 Å². The highest BCUT2D eigenvalue weighted by atomic mass is 32.1. The number of nitrogens with one attached hydrogen (secondary N) is 1. The number of aryl methyl sites for hydroxylation is 1. The maximum atomic E-state index is 13.1. The minimum atomic E-state index is -0.399. The predicted octanol–water partition coefficient (Wildman–Crippen LogP) is 4.45. The molecule has 4 aromatic rings. The van der Waals surface area contributed by atoms with Gasteiger partial charge in [0.1, 0.15) is 6.61 Å². The lowest BCUT2D eigenvalue weighted by Gasteiger charge is -2.49. The molecule has 0 spiro atoms. The van der Waals surface area contributed by atoms with Crippen LogP contribution in [-0.2, 0) is 16.1 Å². The third-order valence-corrected chi connectivity index (χ3v) is 10.5. The fourth-order valence-corrected chi connectivity index (χ4v) is 7.77. The number of ether oxygens (including phenoxy) is 1. The van der Waals surface area contributed by atoms with Crippen molar-refractivity contribution in [3.8, 4) is 11.1 Å². The molecular weight excluding hydrogens is 602 g/mol. The zero-order valence-corrected chi connectivity index (χ0v) is 26.9. The van der Waals surface area contributed by atoms with Crippen LogP contribution < -0.4 is 5.32 Å². The van der Waals surface area contributed by atoms with E-state index >= 15 is 0 Å². The van der Waals surface area contributed by atoms with E-state index in [1.165, 1.54) is 11.3 Å². The van der Waals surface area contributed by atoms with Crippen molar-refractivity contribution in [3.63, 3.8) is 0 Å². The van der Waals surface area contributed by atoms with Gasteiger partial charge in [-0.25, -0.2) is 15.0 Å². The van der Waals surface area contributed by atoms with Crippen LogP contribution in [0.15, 0.2) is 48.9 Å². The molecule has 2 amide bonds. The highest BCUT2D eigenvalue weighted by molar-refractivity contribution is 7.22. The van der Waals surface area contributed by atoms with E-state index < -0.39 is 6.10 Å². The highest BCUT2D eigenvalue weighted by Crippen LogP contribution is 2.36. The summed E-state index contributed by atoms with van der Waals surface area (Å²) in [6, 6.07) is 10.2. The SMILES string of the molecule is Cc1cc(C(=O)N2CCN(C3CC(C(=O)Nc4nc5ccc(-c6cnc(CO[C@H]7CCC[C@@H]7O)nc6)cc5s4)C3)C(C)C2)ccn1. The smallest absolute Gasteiger partial charge is 0.254 e. The molecule has 46 heavy (non-hydrogen) atoms. The molecule has 1 aliphatic heterocycles. The summed E-state index contributed by atoms with van der Waals surface area (Å²) in [5.74, 6) is 0.615. The minimum Gasteiger partial charge on any atom is -0.390 e. The van der Waals surface area contributed by atoms with E-state index in [1.54, 1.807) is 24.7 Å². The summed E-state index contributed by atoms with van der Waals surface area (Å²) >= 11 is 1.46. The van der Waals surface area contributed by atoms with Crippen LogP contribution in [0.5, 0.6) is 0 Å². The van der Waals surface area contributed by atoms with Gasteiger partial charge in [-0.15, -0.1) is 0 Å². The lowest BCUT2D eigenvalue weighted by atomic mass is 9.78. The van der Waals surface area contributed by atoms with Crippen molar-refractivity contribution in [2.45, 2.75) is 76.9 Å². The molecule has 1 aromatic carbocycles. The number of amides is 2. The molecule has 4 heterocycles. The minimum absolute atomic E-state index is 0.0152. The zero-order chi connectivity index (χ0) is 31.8. The molecule has 0 bridgehead atoms. The Kier molecular flexibility index (Phi) is 8.78. The van der Waals surface area contributed by atoms with E-state index in [2.05, 4.69) is 37.1 Å². The number of aliphatic hydroxyl groups excluding tert-OH is 1. The first-order valence-corrected chi connectivity index (χ1v) is 16.9. The monoisotopic (exact) mass is 641 g/mol. The van der Waals surface area contributed by atoms with Crippen molar-refractivity contribution in [1.29, 1.82) is 0 Å². The molecule has 0 radical (unpaired) electrons. The Morgan fingerprint density at radius 1 is 1.07 bits per heavy atom. The molecular formula is C34H39N7O4S. The van der Waals surface area contributed by atoms with Crippen molar-refractivity contribution < 1.29 is 19.4 Å². The van der Waals surface area contributed by atoms with Gasteiger partial charge in [0.05, 0.1) is 22.4 Å². The maximum Gasteiger partial charge on any atom is 0.254 e. The molecule has 240 valence electrons. The Labute approximate surface area is 272 Å². The van der Waals surface area contributed by atoms with Gasteiger partial charge in [-0.3, -0.25) is 19.5 Å². The molecule has 1 saturated heterocycles. The molecule has 3 atom stereocenters. The van der Waals surface area contributed by atoms with Gasteiger partial charge in [-0.2, -0.15) is 0 Å². The first-order chi connectivity index (χ1) is 22.3. The number of aromatic nitrogens is 4. The van der Waals surface area contributed by atoms with Crippen LogP contribution in [0.1, 0.15) is 60.9 Å². The van der Waals surface area contributed by atoms with Crippen LogP contribution in [0.3, 0.4) is 0 Å². The molecule has 3 aromatic heterocycles. The number of fused-ring (bicyclic) bond motifs is 1. The average Bonchev–Trinajstić information content (AvgIpc) is 3.64. The number of anilines is 1. The molecule has 12 heteroatoms. The predicted molar refractivity (Wildman–Crippen MR) is 175 cm³/mol. The van der Waals surface area contributed by atoms with Gasteiger partial charge in [0.2, 0.25) is 5.91 Å². The number of hydrogen-bond acceptors (Lipinski definition) is 10. The Hall–Kier alpha value is -3.84. The molecule has 11 nitrogen and oxygen atoms in total. The molecule has 2 N–H and O–H groups in total. The second kappa shape index (κ2) is 13.1. The summed E-state index contributed by atoms with van der Waals surface area (Å²) in [6.45, 7) is 6.51. The number of aliphatic hydroxyl groups is 1. The van der Waals surface area contributed by atoms with E-state index in [9.17, 15) is 14.7 Å². The van der Waals surface area contributed by atoms with Crippen molar-refractivity contribution in [3.05, 3.63) is 66.0 Å². The van der Waals surface area contributed by atoms with Gasteiger partial charge in [-0.05, 0) is 75.8 Å². The summed E-state index contributed by atoms with van der Waals surface area (Å²) in [7, 11) is 0. The summed E-state index contributed by atoms with van der Waals surface area (Å²) < 4.78 is 6.78. The van der Waals surface area contributed by atoms with Crippen LogP contribution >= 0.6 is 11.3 Å². The molecule has 2 aliphatic carbocycles. The van der Waals surface area contributed by atoms with Crippen LogP contribution in [-0.4, -0.2) is 90.6 Å². The molecule has 7 rings (SSSR count). The fourth-order valence-electron chi connectivity index (χ4n) is 6.86. The fraction of sp³-hybridized carbons (Fsp3) is 0.471. The van der Waals surface area contributed by atoms with Gasteiger partial charge in [0, 0.05) is 73.0 Å². The topological polar surface area (TPSA) is 134 Å². The average molecular weight is 642 g/mol. The van der Waals surface area contributed by atoms with Crippen LogP contribution in [0.2, 0.25) is 0 Å². The first kappa shape index (κ1) is 30.8. The second-order valence-corrected chi connectivity index (χ2v) is 13.8. The standard InChI is InChI=1S/C34H39N7O4S/c1-20-12-23(8-9-35-20)33(44)40-10-11-41(21(2)18-40)26-13-24(14-26)32(43)39-34-38-27-7-6-22(15-30(27)46-34)25-16-36-31(37-17-25)19-45-29-5-3-4-28(29)42/h6-9,12,15-17,21,24,26,28-29,42H,3-5,10-11,13-14,18-19H2,1-2H3,(H,38,39,43)/t21?,24?,26?,28-,29-/m0/s1. The Morgan fingerprint density at radius 2 is 1.89 bits per heavy atom. The normalized spacial score (nSPS) is 25.0. The summed E-state index contributed by atoms with van der Waals surface area (Å²) in [4.78, 5) is 48.3. The van der Waals surface area contributed by atoms with E-state index in [0.29, 0.717) is 35.7 Å². The van der Waals surface area contributed by atoms with Crippen LogP contribution in [0.4, 0.5) is 5.13 Å². The maximum absolute atomic E-state index is 13.1. The van der Waals surface area contributed by atoms with E-state index in [-0.39, 0.29) is 36.5 Å². The van der Waals surface area contributed by atoms with Gasteiger partial charge in [0.25, 0.3) is 5.91 Å². The second-order valence-electron chi connectivity index (χ2n) is 12.8. The van der Waals surface area contributed by atoms with Crippen molar-refractivity contribution in [2.24, 2.45) is 5.92 Å². The number of benzene rings is 1. The van der Waals surface area contributed by atoms with Gasteiger partial charge in [0.15, 0.2) is 11.0 Å². The number of piperazine rings is 1. The summed E-state index contributed by atoms with van der Waals surface area (Å²) in [6.07, 6.45) is 8.98. The number of rotatable bonds is 8. The number of carbonyl (C=O) groups is 2. The Balaban J connectivity index is 0.902. The largest absolute Gasteiger partial charge is 0.390 e. The zero-order valence-electron chi connectivity index (χ0n) is 26.1. The highest BCUT2D eigenvalue weighted by Gasteiger charge is 2.41. The lowest BCUT2D eigenvalue weighted by Crippen LogP contribution is -2.60. The summed E-state index contributed by atoms with van der Waals surface area (Å²) in [5, 5.41) is 13.6. The Morgan fingerprint density at radius 3 is 2.63 bits per heavy atom. The van der Waals surface area contributed by atoms with E-state index in [1.807, 2.05) is 36.1 Å². The third kappa shape index (κ3) is 6.52. The van der Waals surface area contributed by atoms with Crippen molar-refractivity contribution in [2.75, 3.05) is 25.0 Å². The number of nitrogens with zero attached hydrogens (tertiary/aromatic N) is 6. The lowest BCUT2D eigenvalue weighted by molar-refractivity contribution is -0.125. The number of thiazole rings is 1. The molecule has 2 saturated carbocycles. The van der Waals surface area contributed by atoms with Gasteiger partial charge in [-0.1, -0.05) is 17.4 Å². The molecule has 1 unspecified atom stereocenters.